The van der Waals surface area contributed by atoms with E-state index in [4.69, 9.17) is 15.0 Å². The van der Waals surface area contributed by atoms with E-state index < -0.39 is 6.16 Å². The van der Waals surface area contributed by atoms with Crippen LogP contribution in [0.4, 0.5) is 4.79 Å². The first-order chi connectivity index (χ1) is 1.73. The molecule has 0 aliphatic rings. The van der Waals surface area contributed by atoms with Crippen molar-refractivity contribution in [1.82, 2.24) is 0 Å². The third-order valence-corrected chi connectivity index (χ3v) is 0. The summed E-state index contributed by atoms with van der Waals surface area (Å²) in [6.07, 6.45) is -1.83. The van der Waals surface area contributed by atoms with Crippen LogP contribution in [0.3, 0.4) is 0 Å². The summed E-state index contributed by atoms with van der Waals surface area (Å²) in [6, 6.07) is 0. The van der Waals surface area contributed by atoms with Crippen molar-refractivity contribution in [3.63, 3.8) is 0 Å². The van der Waals surface area contributed by atoms with Gasteiger partial charge in [0.05, 0.1) is 0 Å². The summed E-state index contributed by atoms with van der Waals surface area (Å²) in [5.41, 5.74) is 0. The second-order valence-corrected chi connectivity index (χ2v) is 0.283. The van der Waals surface area contributed by atoms with E-state index in [2.05, 4.69) is 0 Å². The Kier molecular flexibility index (Phi) is 26.4. The van der Waals surface area contributed by atoms with Crippen LogP contribution in [-0.4, -0.2) is 99.6 Å². The normalized spacial score (nSPS) is 4.00. The fourth-order valence-corrected chi connectivity index (χ4v) is 0. The second kappa shape index (κ2) is 10.1. The third kappa shape index (κ3) is 37.3. The molecule has 32 valence electrons. The van der Waals surface area contributed by atoms with Gasteiger partial charge in [0, 0.05) is 0 Å². The van der Waals surface area contributed by atoms with Crippen molar-refractivity contribution >= 4 is 89.4 Å². The Balaban J connectivity index is -0.00000000300. The molecule has 0 aromatic rings. The van der Waals surface area contributed by atoms with Gasteiger partial charge >= 0.3 is 89.4 Å². The van der Waals surface area contributed by atoms with Crippen molar-refractivity contribution in [3.8, 4) is 0 Å². The molecule has 0 heterocycles. The van der Waals surface area contributed by atoms with Gasteiger partial charge in [0.2, 0.25) is 0 Å². The predicted octanol–water partition coefficient (Wildman–Crippen LogP) is -0.0892. The largest absolute Gasteiger partial charge is 2.00 e. The maximum Gasteiger partial charge on any atom is 2.00 e. The molecule has 0 aliphatic heterocycles. The summed E-state index contributed by atoms with van der Waals surface area (Å²) in [6.45, 7) is 0. The Morgan fingerprint density at radius 1 is 1.50 bits per heavy atom. The molecule has 0 atom stereocenters. The topological polar surface area (TPSA) is 57.5 Å². The van der Waals surface area contributed by atoms with Crippen LogP contribution in [-0.2, 0) is 0 Å². The summed E-state index contributed by atoms with van der Waals surface area (Å²) in [7, 11) is 0. The van der Waals surface area contributed by atoms with Gasteiger partial charge in [0.1, 0.15) is 0 Å². The van der Waals surface area contributed by atoms with Gasteiger partial charge in [-0.1, -0.05) is 0 Å². The van der Waals surface area contributed by atoms with Gasteiger partial charge in [0.25, 0.3) is 0 Å². The second-order valence-electron chi connectivity index (χ2n) is 0.283. The van der Waals surface area contributed by atoms with Crippen LogP contribution >= 0.6 is 0 Å². The Morgan fingerprint density at radius 3 is 1.50 bits per heavy atom. The zero-order valence-electron chi connectivity index (χ0n) is 7.22. The summed E-state index contributed by atoms with van der Waals surface area (Å²) in [5.74, 6) is 0. The van der Waals surface area contributed by atoms with Crippen LogP contribution in [0.15, 0.2) is 0 Å². The molecule has 0 aliphatic carbocycles. The molecule has 0 aromatic heterocycles. The maximum absolute atomic E-state index is 8.56. The SMILES string of the molecule is O=C(O)O.[Ca+2].[H-].[H-].[H-].[H-].[Sr+2]. The number of hydrogen-bond donors (Lipinski definition) is 2. The van der Waals surface area contributed by atoms with Crippen LogP contribution in [0.25, 0.3) is 0 Å². The van der Waals surface area contributed by atoms with Crippen LogP contribution in [0.2, 0.25) is 0 Å². The number of hydrogen-bond acceptors (Lipinski definition) is 1. The summed E-state index contributed by atoms with van der Waals surface area (Å²) in [5, 5.41) is 13.9. The number of rotatable bonds is 0. The van der Waals surface area contributed by atoms with Crippen LogP contribution in [0.1, 0.15) is 5.71 Å². The first kappa shape index (κ1) is 15.7. The summed E-state index contributed by atoms with van der Waals surface area (Å²) in [4.78, 5) is 8.56. The van der Waals surface area contributed by atoms with Gasteiger partial charge in [-0.3, -0.25) is 0 Å². The summed E-state index contributed by atoms with van der Waals surface area (Å²) < 4.78 is 0. The molecular formula is CH6CaO3Sr. The molecule has 0 aromatic carbocycles. The van der Waals surface area contributed by atoms with Crippen molar-refractivity contribution in [1.29, 1.82) is 0 Å². The van der Waals surface area contributed by atoms with E-state index >= 15 is 0 Å². The first-order valence-corrected chi connectivity index (χ1v) is 0.651. The van der Waals surface area contributed by atoms with E-state index in [9.17, 15) is 0 Å². The van der Waals surface area contributed by atoms with Crippen molar-refractivity contribution in [2.45, 2.75) is 0 Å². The monoisotopic (exact) mass is 194 g/mol. The standard InChI is InChI=1S/CH2O3.Ca.Sr.4H/c2-1(3)4;;;;;;/h(H2,2,3,4);;;;;;/q;2*+2;4*-1. The van der Waals surface area contributed by atoms with E-state index in [0.717, 1.165) is 0 Å². The molecule has 0 radical (unpaired) electrons. The Labute approximate surface area is 108 Å². The fourth-order valence-electron chi connectivity index (χ4n) is 0. The van der Waals surface area contributed by atoms with Crippen LogP contribution in [0, 0.1) is 0 Å². The fraction of sp³-hybridized carbons (Fsp3) is 0. The Bertz CT molecular complexity index is 43.5. The van der Waals surface area contributed by atoms with Gasteiger partial charge in [-0.05, 0) is 0 Å². The molecular weight excluding hydrogens is 188 g/mol. The smallest absolute Gasteiger partial charge is 1.00 e. The molecule has 0 amide bonds. The van der Waals surface area contributed by atoms with E-state index in [0.29, 0.717) is 0 Å². The first-order valence-electron chi connectivity index (χ1n) is 0.651. The molecule has 5 heteroatoms. The molecule has 3 nitrogen and oxygen atoms in total. The van der Waals surface area contributed by atoms with Crippen LogP contribution in [0.5, 0.6) is 0 Å². The van der Waals surface area contributed by atoms with Gasteiger partial charge in [-0.25, -0.2) is 4.79 Å². The zero-order valence-corrected chi connectivity index (χ0v) is 8.90. The van der Waals surface area contributed by atoms with E-state index in [1.54, 1.807) is 0 Å². The molecule has 0 saturated heterocycles. The molecule has 6 heavy (non-hydrogen) atoms. The maximum atomic E-state index is 8.56. The minimum atomic E-state index is -1.83. The van der Waals surface area contributed by atoms with Gasteiger partial charge in [-0.15, -0.1) is 0 Å². The molecule has 0 spiro atoms. The van der Waals surface area contributed by atoms with Crippen molar-refractivity contribution < 1.29 is 20.7 Å². The van der Waals surface area contributed by atoms with Crippen molar-refractivity contribution in [3.05, 3.63) is 0 Å². The van der Waals surface area contributed by atoms with E-state index in [-0.39, 0.29) is 88.9 Å². The van der Waals surface area contributed by atoms with Gasteiger partial charge in [-0.2, -0.15) is 0 Å². The molecule has 0 saturated carbocycles. The third-order valence-electron chi connectivity index (χ3n) is 0. The Morgan fingerprint density at radius 2 is 1.50 bits per heavy atom. The molecule has 0 unspecified atom stereocenters. The summed E-state index contributed by atoms with van der Waals surface area (Å²) >= 11 is 0. The van der Waals surface area contributed by atoms with Crippen molar-refractivity contribution in [2.75, 3.05) is 0 Å². The van der Waals surface area contributed by atoms with Crippen LogP contribution < -0.4 is 0 Å². The average Bonchev–Trinajstić information content (AvgIpc) is 0.811. The quantitative estimate of drug-likeness (QED) is 0.529. The predicted molar refractivity (Wildman–Crippen MR) is 26.6 cm³/mol. The molecule has 0 rings (SSSR count). The molecule has 0 bridgehead atoms. The van der Waals surface area contributed by atoms with E-state index in [1.165, 1.54) is 0 Å². The minimum Gasteiger partial charge on any atom is -1.00 e. The molecule has 0 fully saturated rings. The minimum absolute atomic E-state index is 0. The average molecular weight is 194 g/mol. The Hall–Kier alpha value is 2.01. The van der Waals surface area contributed by atoms with E-state index in [1.807, 2.05) is 0 Å². The number of carboxylic acid groups (broad SMARTS) is 2. The van der Waals surface area contributed by atoms with Crippen molar-refractivity contribution in [2.24, 2.45) is 0 Å². The molecule has 2 N–H and O–H groups in total. The number of carbonyl (C=O) groups is 1. The van der Waals surface area contributed by atoms with Gasteiger partial charge in [0.15, 0.2) is 0 Å². The zero-order chi connectivity index (χ0) is 3.58. The van der Waals surface area contributed by atoms with Gasteiger partial charge < -0.3 is 15.9 Å².